The van der Waals surface area contributed by atoms with Crippen LogP contribution in [0, 0.1) is 0 Å². The summed E-state index contributed by atoms with van der Waals surface area (Å²) in [5.74, 6) is -0.264. The van der Waals surface area contributed by atoms with Gasteiger partial charge in [-0.05, 0) is 59.2 Å². The lowest BCUT2D eigenvalue weighted by molar-refractivity contribution is -0.303. The molecule has 2 rings (SSSR count). The second-order valence-corrected chi connectivity index (χ2v) is 8.52. The van der Waals surface area contributed by atoms with Crippen LogP contribution in [0.4, 0.5) is 0 Å². The Kier molecular flexibility index (Phi) is 6.71. The van der Waals surface area contributed by atoms with E-state index >= 15 is 0 Å². The van der Waals surface area contributed by atoms with E-state index in [1.165, 1.54) is 0 Å². The van der Waals surface area contributed by atoms with Gasteiger partial charge in [0.25, 0.3) is 0 Å². The Morgan fingerprint density at radius 1 is 1.19 bits per heavy atom. The van der Waals surface area contributed by atoms with Crippen molar-refractivity contribution in [1.29, 1.82) is 0 Å². The molecule has 0 amide bonds. The molecule has 1 saturated heterocycles. The summed E-state index contributed by atoms with van der Waals surface area (Å²) in [5.41, 5.74) is 1.60. The van der Waals surface area contributed by atoms with Gasteiger partial charge in [0.1, 0.15) is 18.0 Å². The monoisotopic (exact) mass is 376 g/mol. The number of hydrogen-bond acceptors (Lipinski definition) is 5. The van der Waals surface area contributed by atoms with Gasteiger partial charge in [-0.15, -0.1) is 0 Å². The molecule has 0 spiro atoms. The van der Waals surface area contributed by atoms with Gasteiger partial charge in [0, 0.05) is 6.42 Å². The number of benzene rings is 1. The predicted molar refractivity (Wildman–Crippen MR) is 106 cm³/mol. The van der Waals surface area contributed by atoms with Gasteiger partial charge in [0.2, 0.25) is 0 Å². The zero-order valence-corrected chi connectivity index (χ0v) is 17.3. The molecule has 0 aromatic heterocycles. The summed E-state index contributed by atoms with van der Waals surface area (Å²) in [4.78, 5) is 12.1. The maximum Gasteiger partial charge on any atom is 0.308 e. The molecular formula is C22H32O5. The van der Waals surface area contributed by atoms with Gasteiger partial charge in [0.15, 0.2) is 5.79 Å². The summed E-state index contributed by atoms with van der Waals surface area (Å²) in [7, 11) is 0. The number of hydrogen-bond donors (Lipinski definition) is 0. The molecule has 1 aromatic carbocycles. The Morgan fingerprint density at radius 3 is 2.33 bits per heavy atom. The minimum Gasteiger partial charge on any atom is -0.491 e. The summed E-state index contributed by atoms with van der Waals surface area (Å²) in [6, 6.07) is 7.81. The van der Waals surface area contributed by atoms with Crippen molar-refractivity contribution in [1.82, 2.24) is 0 Å². The first-order valence-electron chi connectivity index (χ1n) is 9.40. The zero-order chi connectivity index (χ0) is 20.2. The molecule has 0 saturated carbocycles. The molecule has 0 bridgehead atoms. The number of ether oxygens (including phenoxy) is 4. The predicted octanol–water partition coefficient (Wildman–Crippen LogP) is 4.74. The second-order valence-electron chi connectivity index (χ2n) is 8.52. The Morgan fingerprint density at radius 2 is 1.78 bits per heavy atom. The number of esters is 1. The first-order chi connectivity index (χ1) is 12.4. The van der Waals surface area contributed by atoms with Crippen LogP contribution in [0.15, 0.2) is 30.8 Å². The Labute approximate surface area is 162 Å². The van der Waals surface area contributed by atoms with Gasteiger partial charge in [-0.25, -0.2) is 0 Å². The first kappa shape index (κ1) is 21.5. The van der Waals surface area contributed by atoms with E-state index in [0.717, 1.165) is 16.9 Å². The van der Waals surface area contributed by atoms with E-state index in [2.05, 4.69) is 6.58 Å². The highest BCUT2D eigenvalue weighted by molar-refractivity contribution is 5.70. The quantitative estimate of drug-likeness (QED) is 0.671. The molecule has 2 atom stereocenters. The molecule has 27 heavy (non-hydrogen) atoms. The smallest absolute Gasteiger partial charge is 0.308 e. The minimum atomic E-state index is -0.775. The Bertz CT molecular complexity index is 654. The van der Waals surface area contributed by atoms with Gasteiger partial charge < -0.3 is 18.9 Å². The molecule has 5 nitrogen and oxygen atoms in total. The summed E-state index contributed by atoms with van der Waals surface area (Å²) in [6.07, 6.45) is 0.352. The molecule has 1 aromatic rings. The average molecular weight is 376 g/mol. The van der Waals surface area contributed by atoms with Crippen LogP contribution in [0.25, 0.3) is 5.57 Å². The molecule has 1 heterocycles. The second kappa shape index (κ2) is 8.44. The number of rotatable bonds is 6. The summed E-state index contributed by atoms with van der Waals surface area (Å²) in [5, 5.41) is 0. The summed E-state index contributed by atoms with van der Waals surface area (Å²) in [6.45, 7) is 15.6. The minimum absolute atomic E-state index is 0.165. The molecule has 0 aliphatic carbocycles. The van der Waals surface area contributed by atoms with Crippen LogP contribution in [-0.4, -0.2) is 36.2 Å². The molecule has 5 heteroatoms. The van der Waals surface area contributed by atoms with Crippen LogP contribution in [0.1, 0.15) is 59.9 Å². The van der Waals surface area contributed by atoms with Gasteiger partial charge in [0.05, 0.1) is 18.6 Å². The van der Waals surface area contributed by atoms with Crippen LogP contribution in [0.5, 0.6) is 5.75 Å². The van der Waals surface area contributed by atoms with Gasteiger partial charge in [-0.1, -0.05) is 24.3 Å². The maximum atomic E-state index is 12.1. The van der Waals surface area contributed by atoms with E-state index in [1.54, 1.807) is 0 Å². The molecule has 1 aliphatic heterocycles. The largest absolute Gasteiger partial charge is 0.491 e. The highest BCUT2D eigenvalue weighted by Gasteiger charge is 2.37. The molecular weight excluding hydrogens is 344 g/mol. The molecule has 1 fully saturated rings. The number of carbonyl (C=O) groups is 1. The van der Waals surface area contributed by atoms with E-state index in [-0.39, 0.29) is 24.6 Å². The van der Waals surface area contributed by atoms with Gasteiger partial charge in [-0.3, -0.25) is 4.79 Å². The van der Waals surface area contributed by atoms with Crippen LogP contribution < -0.4 is 4.74 Å². The fourth-order valence-corrected chi connectivity index (χ4v) is 3.04. The summed E-state index contributed by atoms with van der Waals surface area (Å²) >= 11 is 0. The van der Waals surface area contributed by atoms with Gasteiger partial charge >= 0.3 is 5.97 Å². The third-order valence-electron chi connectivity index (χ3n) is 4.02. The Hall–Kier alpha value is -1.85. The lowest BCUT2D eigenvalue weighted by atomic mass is 10.1. The summed E-state index contributed by atoms with van der Waals surface area (Å²) < 4.78 is 23.1. The average Bonchev–Trinajstić information content (AvgIpc) is 2.49. The van der Waals surface area contributed by atoms with Crippen LogP contribution in [0.2, 0.25) is 0 Å². The zero-order valence-electron chi connectivity index (χ0n) is 17.3. The normalized spacial score (nSPS) is 22.1. The number of allylic oxidation sites excluding steroid dienone is 1. The van der Waals surface area contributed by atoms with Crippen LogP contribution >= 0.6 is 0 Å². The third kappa shape index (κ3) is 7.35. The lowest BCUT2D eigenvalue weighted by Crippen LogP contribution is -2.47. The maximum absolute atomic E-state index is 12.1. The molecule has 0 radical (unpaired) electrons. The topological polar surface area (TPSA) is 54.0 Å². The van der Waals surface area contributed by atoms with Crippen molar-refractivity contribution in [2.24, 2.45) is 0 Å². The van der Waals surface area contributed by atoms with E-state index < -0.39 is 11.4 Å². The fraction of sp³-hybridized carbons (Fsp3) is 0.591. The fourth-order valence-electron chi connectivity index (χ4n) is 3.04. The van der Waals surface area contributed by atoms with E-state index in [9.17, 15) is 4.79 Å². The van der Waals surface area contributed by atoms with Crippen molar-refractivity contribution in [3.05, 3.63) is 36.4 Å². The first-order valence-corrected chi connectivity index (χ1v) is 9.40. The lowest BCUT2D eigenvalue weighted by Gasteiger charge is -2.40. The van der Waals surface area contributed by atoms with Crippen LogP contribution in [-0.2, 0) is 19.0 Å². The van der Waals surface area contributed by atoms with Crippen molar-refractivity contribution in [2.45, 2.75) is 78.0 Å². The van der Waals surface area contributed by atoms with E-state index in [1.807, 2.05) is 65.8 Å². The molecule has 0 N–H and O–H groups in total. The molecule has 1 aliphatic rings. The Balaban J connectivity index is 1.92. The highest BCUT2D eigenvalue weighted by atomic mass is 16.7. The highest BCUT2D eigenvalue weighted by Crippen LogP contribution is 2.29. The third-order valence-corrected chi connectivity index (χ3v) is 4.02. The SMILES string of the molecule is C=C(C)c1ccc(OCC2CC(CC(=O)OC(C)(C)C)OC(C)(C)O2)cc1. The van der Waals surface area contributed by atoms with Crippen molar-refractivity contribution in [2.75, 3.05) is 6.61 Å². The van der Waals surface area contributed by atoms with Crippen molar-refractivity contribution in [3.63, 3.8) is 0 Å². The van der Waals surface area contributed by atoms with Crippen molar-refractivity contribution >= 4 is 11.5 Å². The van der Waals surface area contributed by atoms with Crippen LogP contribution in [0.3, 0.4) is 0 Å². The molecule has 2 unspecified atom stereocenters. The van der Waals surface area contributed by atoms with Crippen molar-refractivity contribution < 1.29 is 23.7 Å². The standard InChI is InChI=1S/C22H32O5/c1-15(2)16-8-10-17(11-9-16)24-14-19-12-18(25-22(6,7)26-19)13-20(23)27-21(3,4)5/h8-11,18-19H,1,12-14H2,2-7H3. The van der Waals surface area contributed by atoms with Gasteiger partial charge in [-0.2, -0.15) is 0 Å². The van der Waals surface area contributed by atoms with E-state index in [4.69, 9.17) is 18.9 Å². The molecule has 150 valence electrons. The number of carbonyl (C=O) groups excluding carboxylic acids is 1. The van der Waals surface area contributed by atoms with Crippen molar-refractivity contribution in [3.8, 4) is 5.75 Å². The van der Waals surface area contributed by atoms with E-state index in [0.29, 0.717) is 13.0 Å².